The van der Waals surface area contributed by atoms with Crippen LogP contribution in [-0.4, -0.2) is 25.5 Å². The highest BCUT2D eigenvalue weighted by Gasteiger charge is 2.57. The number of rotatable bonds is 9. The third-order valence-corrected chi connectivity index (χ3v) is 5.34. The normalized spacial score (nSPS) is 17.8. The van der Waals surface area contributed by atoms with Crippen molar-refractivity contribution in [1.82, 2.24) is 5.32 Å². The first-order valence-electron chi connectivity index (χ1n) is 9.52. The van der Waals surface area contributed by atoms with Crippen molar-refractivity contribution in [2.75, 3.05) is 13.2 Å². The molecular weight excluding hydrogens is 324 g/mol. The van der Waals surface area contributed by atoms with Gasteiger partial charge in [0.2, 0.25) is 0 Å². The molecule has 138 valence electrons. The summed E-state index contributed by atoms with van der Waals surface area (Å²) in [5, 5.41) is 15.9. The van der Waals surface area contributed by atoms with Gasteiger partial charge in [-0.15, -0.1) is 0 Å². The molecule has 1 fully saturated rings. The third kappa shape index (κ3) is 3.61. The Morgan fingerprint density at radius 2 is 1.73 bits per heavy atom. The summed E-state index contributed by atoms with van der Waals surface area (Å²) in [5.74, 6) is 0. The van der Waals surface area contributed by atoms with Crippen molar-refractivity contribution >= 4 is 10.8 Å². The molecule has 1 aliphatic rings. The molecule has 4 heteroatoms. The van der Waals surface area contributed by atoms with Gasteiger partial charge in [-0.2, -0.15) is 5.26 Å². The number of nitrogens with zero attached hydrogens (tertiary/aromatic N) is 1. The number of benzene rings is 2. The highest BCUT2D eigenvalue weighted by atomic mass is 16.7. The number of ether oxygens (including phenoxy) is 2. The molecule has 1 aliphatic carbocycles. The molecule has 0 amide bonds. The monoisotopic (exact) mass is 352 g/mol. The van der Waals surface area contributed by atoms with E-state index in [9.17, 15) is 5.26 Å². The Kier molecular flexibility index (Phi) is 5.93. The van der Waals surface area contributed by atoms with Crippen molar-refractivity contribution in [3.8, 4) is 6.07 Å². The minimum absolute atomic E-state index is 0.0622. The van der Waals surface area contributed by atoms with Crippen LogP contribution >= 0.6 is 0 Å². The van der Waals surface area contributed by atoms with Gasteiger partial charge in [-0.1, -0.05) is 42.5 Å². The zero-order chi connectivity index (χ0) is 18.6. The van der Waals surface area contributed by atoms with Crippen molar-refractivity contribution in [1.29, 1.82) is 5.26 Å². The van der Waals surface area contributed by atoms with Crippen LogP contribution < -0.4 is 5.32 Å². The van der Waals surface area contributed by atoms with Crippen molar-refractivity contribution in [2.24, 2.45) is 5.41 Å². The molecule has 0 aromatic heterocycles. The van der Waals surface area contributed by atoms with Crippen LogP contribution in [-0.2, 0) is 9.47 Å². The fourth-order valence-corrected chi connectivity index (χ4v) is 3.79. The van der Waals surface area contributed by atoms with Gasteiger partial charge in [0.25, 0.3) is 0 Å². The van der Waals surface area contributed by atoms with E-state index in [1.165, 1.54) is 16.3 Å². The summed E-state index contributed by atoms with van der Waals surface area (Å²) in [7, 11) is 0. The summed E-state index contributed by atoms with van der Waals surface area (Å²) < 4.78 is 11.7. The first kappa shape index (κ1) is 18.8. The first-order chi connectivity index (χ1) is 12.7. The van der Waals surface area contributed by atoms with Crippen LogP contribution in [0.1, 0.15) is 45.2 Å². The van der Waals surface area contributed by atoms with Crippen LogP contribution in [0.4, 0.5) is 0 Å². The Hall–Kier alpha value is -1.93. The van der Waals surface area contributed by atoms with Gasteiger partial charge in [-0.3, -0.25) is 5.32 Å². The average Bonchev–Trinajstić information content (AvgIpc) is 3.47. The SMILES string of the molecule is CCOC(OCC)C1([C@@H](C#N)N[C@@H](C)c2cccc3ccccc23)CC1. The van der Waals surface area contributed by atoms with Gasteiger partial charge in [-0.25, -0.2) is 0 Å². The van der Waals surface area contributed by atoms with E-state index in [0.717, 1.165) is 12.8 Å². The van der Waals surface area contributed by atoms with E-state index in [4.69, 9.17) is 9.47 Å². The molecule has 2 aromatic rings. The number of fused-ring (bicyclic) bond motifs is 1. The lowest BCUT2D eigenvalue weighted by atomic mass is 9.93. The van der Waals surface area contributed by atoms with Crippen LogP contribution in [0.15, 0.2) is 42.5 Å². The van der Waals surface area contributed by atoms with Crippen molar-refractivity contribution in [3.63, 3.8) is 0 Å². The maximum absolute atomic E-state index is 9.87. The molecule has 0 heterocycles. The summed E-state index contributed by atoms with van der Waals surface area (Å²) >= 11 is 0. The third-order valence-electron chi connectivity index (χ3n) is 5.34. The molecule has 0 spiro atoms. The molecule has 2 atom stereocenters. The number of nitriles is 1. The molecule has 0 saturated heterocycles. The Morgan fingerprint density at radius 1 is 1.08 bits per heavy atom. The molecule has 0 radical (unpaired) electrons. The number of hydrogen-bond acceptors (Lipinski definition) is 4. The molecule has 1 saturated carbocycles. The van der Waals surface area contributed by atoms with Gasteiger partial charge in [0.05, 0.1) is 11.5 Å². The van der Waals surface area contributed by atoms with E-state index >= 15 is 0 Å². The molecule has 3 rings (SSSR count). The minimum Gasteiger partial charge on any atom is -0.352 e. The second kappa shape index (κ2) is 8.18. The van der Waals surface area contributed by atoms with E-state index in [-0.39, 0.29) is 23.8 Å². The molecule has 2 aromatic carbocycles. The second-order valence-electron chi connectivity index (χ2n) is 6.99. The van der Waals surface area contributed by atoms with E-state index in [2.05, 4.69) is 60.8 Å². The zero-order valence-corrected chi connectivity index (χ0v) is 15.9. The fourth-order valence-electron chi connectivity index (χ4n) is 3.79. The highest BCUT2D eigenvalue weighted by Crippen LogP contribution is 2.53. The standard InChI is InChI=1S/C22H28N2O2/c1-4-25-21(26-5-2)22(13-14-22)20(15-23)24-16(3)18-12-8-10-17-9-6-7-11-19(17)18/h6-12,16,20-21,24H,4-5,13-14H2,1-3H3/t16-,20+/m0/s1. The second-order valence-corrected chi connectivity index (χ2v) is 6.99. The van der Waals surface area contributed by atoms with E-state index in [1.807, 2.05) is 13.8 Å². The Morgan fingerprint density at radius 3 is 2.35 bits per heavy atom. The Bertz CT molecular complexity index is 768. The number of nitrogens with one attached hydrogen (secondary N) is 1. The molecule has 0 aliphatic heterocycles. The van der Waals surface area contributed by atoms with Gasteiger partial charge in [0.1, 0.15) is 6.04 Å². The van der Waals surface area contributed by atoms with Gasteiger partial charge >= 0.3 is 0 Å². The van der Waals surface area contributed by atoms with E-state index in [1.54, 1.807) is 0 Å². The molecular formula is C22H28N2O2. The summed E-state index contributed by atoms with van der Waals surface area (Å²) in [6, 6.07) is 16.9. The summed E-state index contributed by atoms with van der Waals surface area (Å²) in [6.07, 6.45) is 1.57. The van der Waals surface area contributed by atoms with E-state index in [0.29, 0.717) is 13.2 Å². The lowest BCUT2D eigenvalue weighted by Gasteiger charge is -2.32. The van der Waals surface area contributed by atoms with Gasteiger partial charge in [0.15, 0.2) is 6.29 Å². The largest absolute Gasteiger partial charge is 0.352 e. The van der Waals surface area contributed by atoms with Gasteiger partial charge < -0.3 is 9.47 Å². The minimum atomic E-state index is -0.325. The lowest BCUT2D eigenvalue weighted by molar-refractivity contribution is -0.179. The average molecular weight is 352 g/mol. The summed E-state index contributed by atoms with van der Waals surface area (Å²) in [6.45, 7) is 7.23. The van der Waals surface area contributed by atoms with Crippen LogP contribution in [0.25, 0.3) is 10.8 Å². The van der Waals surface area contributed by atoms with Crippen LogP contribution in [0.2, 0.25) is 0 Å². The molecule has 0 unspecified atom stereocenters. The molecule has 4 nitrogen and oxygen atoms in total. The predicted molar refractivity (Wildman–Crippen MR) is 104 cm³/mol. The van der Waals surface area contributed by atoms with Crippen LogP contribution in [0.3, 0.4) is 0 Å². The highest BCUT2D eigenvalue weighted by molar-refractivity contribution is 5.86. The van der Waals surface area contributed by atoms with Crippen molar-refractivity contribution < 1.29 is 9.47 Å². The maximum atomic E-state index is 9.87. The van der Waals surface area contributed by atoms with Gasteiger partial charge in [0, 0.05) is 19.3 Å². The van der Waals surface area contributed by atoms with Crippen LogP contribution in [0, 0.1) is 16.7 Å². The van der Waals surface area contributed by atoms with Crippen molar-refractivity contribution in [3.05, 3.63) is 48.0 Å². The first-order valence-corrected chi connectivity index (χ1v) is 9.52. The maximum Gasteiger partial charge on any atom is 0.165 e. The quantitative estimate of drug-likeness (QED) is 0.672. The van der Waals surface area contributed by atoms with Gasteiger partial charge in [-0.05, 0) is 49.9 Å². The van der Waals surface area contributed by atoms with Crippen molar-refractivity contribution in [2.45, 2.75) is 52.0 Å². The Balaban J connectivity index is 1.82. The Labute approximate surface area is 156 Å². The van der Waals surface area contributed by atoms with E-state index < -0.39 is 0 Å². The number of hydrogen-bond donors (Lipinski definition) is 1. The molecule has 26 heavy (non-hydrogen) atoms. The molecule has 1 N–H and O–H groups in total. The zero-order valence-electron chi connectivity index (χ0n) is 15.9. The smallest absolute Gasteiger partial charge is 0.165 e. The predicted octanol–water partition coefficient (Wildman–Crippen LogP) is 4.56. The fraction of sp³-hybridized carbons (Fsp3) is 0.500. The summed E-state index contributed by atoms with van der Waals surface area (Å²) in [5.41, 5.74) is 0.961. The van der Waals surface area contributed by atoms with Crippen LogP contribution in [0.5, 0.6) is 0 Å². The molecule has 0 bridgehead atoms. The lowest BCUT2D eigenvalue weighted by Crippen LogP contribution is -2.46. The topological polar surface area (TPSA) is 54.3 Å². The summed E-state index contributed by atoms with van der Waals surface area (Å²) in [4.78, 5) is 0.